The van der Waals surface area contributed by atoms with E-state index in [4.69, 9.17) is 17.3 Å². The van der Waals surface area contributed by atoms with Gasteiger partial charge in [0.2, 0.25) is 0 Å². The Kier molecular flexibility index (Phi) is 4.36. The number of Topliss-reactive ketones (excluding diaryl/α,β-unsaturated/α-hetero) is 1. The molecule has 0 heterocycles. The summed E-state index contributed by atoms with van der Waals surface area (Å²) in [6.07, 6.45) is 3.77. The lowest BCUT2D eigenvalue weighted by Crippen LogP contribution is -1.99. The molecule has 1 aromatic carbocycles. The van der Waals surface area contributed by atoms with E-state index >= 15 is 0 Å². The van der Waals surface area contributed by atoms with Crippen molar-refractivity contribution in [1.82, 2.24) is 0 Å². The average Bonchev–Trinajstić information content (AvgIpc) is 2.26. The van der Waals surface area contributed by atoms with Crippen LogP contribution in [0.5, 0.6) is 0 Å². The lowest BCUT2D eigenvalue weighted by Gasteiger charge is -1.97. The van der Waals surface area contributed by atoms with Gasteiger partial charge in [-0.25, -0.2) is 0 Å². The topological polar surface area (TPSA) is 43.1 Å². The summed E-state index contributed by atoms with van der Waals surface area (Å²) in [5.74, 6) is -0.0288. The van der Waals surface area contributed by atoms with Gasteiger partial charge in [0, 0.05) is 12.1 Å². The second-order valence-electron chi connectivity index (χ2n) is 2.82. The van der Waals surface area contributed by atoms with Crippen molar-refractivity contribution in [3.8, 4) is 0 Å². The van der Waals surface area contributed by atoms with Crippen molar-refractivity contribution in [3.63, 3.8) is 0 Å². The molecule has 0 spiro atoms. The second-order valence-corrected chi connectivity index (χ2v) is 3.08. The van der Waals surface area contributed by atoms with Gasteiger partial charge < -0.3 is 5.73 Å². The first-order valence-electron chi connectivity index (χ1n) is 4.33. The number of nitrogens with two attached hydrogens (primary N) is 1. The van der Waals surface area contributed by atoms with E-state index in [2.05, 4.69) is 0 Å². The molecule has 1 aromatic rings. The maximum absolute atomic E-state index is 11.2. The molecule has 0 aliphatic carbocycles. The van der Waals surface area contributed by atoms with Gasteiger partial charge in [0.15, 0.2) is 5.78 Å². The molecule has 0 amide bonds. The molecule has 2 nitrogen and oxygen atoms in total. The van der Waals surface area contributed by atoms with Crippen molar-refractivity contribution in [2.75, 3.05) is 12.4 Å². The monoisotopic (exact) mass is 209 g/mol. The maximum atomic E-state index is 11.2. The van der Waals surface area contributed by atoms with Gasteiger partial charge >= 0.3 is 0 Å². The summed E-state index contributed by atoms with van der Waals surface area (Å²) in [7, 11) is 0. The first-order chi connectivity index (χ1) is 6.77. The lowest BCUT2D eigenvalue weighted by atomic mass is 10.1. The summed E-state index contributed by atoms with van der Waals surface area (Å²) in [4.78, 5) is 11.2. The highest BCUT2D eigenvalue weighted by Crippen LogP contribution is 2.07. The van der Waals surface area contributed by atoms with Crippen LogP contribution < -0.4 is 5.73 Å². The van der Waals surface area contributed by atoms with Crippen LogP contribution in [0.3, 0.4) is 0 Å². The van der Waals surface area contributed by atoms with Gasteiger partial charge in [-0.3, -0.25) is 4.79 Å². The summed E-state index contributed by atoms with van der Waals surface area (Å²) in [5, 5.41) is 0. The molecule has 0 atom stereocenters. The highest BCUT2D eigenvalue weighted by Gasteiger charge is 2.01. The largest absolute Gasteiger partial charge is 0.327 e. The van der Waals surface area contributed by atoms with E-state index in [-0.39, 0.29) is 11.7 Å². The molecular weight excluding hydrogens is 198 g/mol. The van der Waals surface area contributed by atoms with Crippen LogP contribution in [0, 0.1) is 0 Å². The Bertz CT molecular complexity index is 330. The van der Waals surface area contributed by atoms with E-state index in [1.165, 1.54) is 0 Å². The van der Waals surface area contributed by atoms with Gasteiger partial charge in [-0.05, 0) is 5.56 Å². The Labute approximate surface area is 88.4 Å². The summed E-state index contributed by atoms with van der Waals surface area (Å²) in [6.45, 7) is 0.516. The molecule has 0 bridgehead atoms. The van der Waals surface area contributed by atoms with E-state index in [0.717, 1.165) is 5.56 Å². The van der Waals surface area contributed by atoms with Gasteiger partial charge in [0.25, 0.3) is 0 Å². The Morgan fingerprint density at radius 1 is 1.36 bits per heavy atom. The van der Waals surface area contributed by atoms with Crippen LogP contribution in [0.25, 0.3) is 6.08 Å². The number of hydrogen-bond acceptors (Lipinski definition) is 2. The molecule has 0 unspecified atom stereocenters. The Morgan fingerprint density at radius 3 is 2.50 bits per heavy atom. The smallest absolute Gasteiger partial charge is 0.177 e. The molecule has 0 aliphatic rings. The van der Waals surface area contributed by atoms with Crippen LogP contribution in [0.2, 0.25) is 0 Å². The molecular formula is C11H12ClNO. The second kappa shape index (κ2) is 5.58. The average molecular weight is 210 g/mol. The Hall–Kier alpha value is -1.12. The van der Waals surface area contributed by atoms with Crippen molar-refractivity contribution in [2.24, 2.45) is 5.73 Å². The fraction of sp³-hybridized carbons (Fsp3) is 0.182. The minimum atomic E-state index is -0.0546. The summed E-state index contributed by atoms with van der Waals surface area (Å²) >= 11 is 5.43. The molecule has 0 fully saturated rings. The third kappa shape index (κ3) is 2.98. The number of hydrogen-bond donors (Lipinski definition) is 1. The number of ketones is 1. The van der Waals surface area contributed by atoms with Gasteiger partial charge in [-0.1, -0.05) is 36.4 Å². The zero-order chi connectivity index (χ0) is 10.4. The molecule has 14 heavy (non-hydrogen) atoms. The van der Waals surface area contributed by atoms with Crippen LogP contribution in [-0.2, 0) is 0 Å². The lowest BCUT2D eigenvalue weighted by molar-refractivity contribution is 0.102. The van der Waals surface area contributed by atoms with Crippen LogP contribution in [0.15, 0.2) is 30.3 Å². The van der Waals surface area contributed by atoms with Crippen LogP contribution in [-0.4, -0.2) is 18.2 Å². The molecule has 74 valence electrons. The first kappa shape index (κ1) is 11.0. The number of carbonyl (C=O) groups excluding carboxylic acids is 1. The highest BCUT2D eigenvalue weighted by atomic mass is 35.5. The van der Waals surface area contributed by atoms with Gasteiger partial charge in [-0.15, -0.1) is 11.6 Å². The summed E-state index contributed by atoms with van der Waals surface area (Å²) in [5.41, 5.74) is 6.99. The van der Waals surface area contributed by atoms with Crippen molar-refractivity contribution in [1.29, 1.82) is 0 Å². The fourth-order valence-electron chi connectivity index (χ4n) is 1.06. The number of rotatable bonds is 4. The molecule has 0 saturated heterocycles. The van der Waals surface area contributed by atoms with Gasteiger partial charge in [0.05, 0.1) is 5.88 Å². The molecule has 0 radical (unpaired) electrons. The molecule has 1 rings (SSSR count). The third-order valence-electron chi connectivity index (χ3n) is 1.80. The highest BCUT2D eigenvalue weighted by molar-refractivity contribution is 6.30. The standard InChI is InChI=1S/C11H12ClNO/c12-8-11(14)10-5-3-9(4-6-10)2-1-7-13/h1-6H,7-8,13H2. The Balaban J connectivity index is 2.78. The van der Waals surface area contributed by atoms with E-state index in [0.29, 0.717) is 12.1 Å². The number of halogens is 1. The molecule has 0 saturated carbocycles. The number of benzene rings is 1. The normalized spacial score (nSPS) is 10.7. The van der Waals surface area contributed by atoms with Crippen LogP contribution >= 0.6 is 11.6 Å². The van der Waals surface area contributed by atoms with Crippen LogP contribution in [0.1, 0.15) is 15.9 Å². The van der Waals surface area contributed by atoms with E-state index in [1.807, 2.05) is 24.3 Å². The molecule has 3 heteroatoms. The fourth-order valence-corrected chi connectivity index (χ4v) is 1.22. The van der Waals surface area contributed by atoms with Crippen molar-refractivity contribution in [3.05, 3.63) is 41.5 Å². The first-order valence-corrected chi connectivity index (χ1v) is 4.87. The maximum Gasteiger partial charge on any atom is 0.177 e. The minimum Gasteiger partial charge on any atom is -0.327 e. The predicted molar refractivity (Wildman–Crippen MR) is 59.6 cm³/mol. The van der Waals surface area contributed by atoms with Crippen molar-refractivity contribution < 1.29 is 4.79 Å². The summed E-state index contributed by atoms with van der Waals surface area (Å²) < 4.78 is 0. The number of carbonyl (C=O) groups is 1. The Morgan fingerprint density at radius 2 is 2.00 bits per heavy atom. The SMILES string of the molecule is NCC=Cc1ccc(C(=O)CCl)cc1. The molecule has 2 N–H and O–H groups in total. The van der Waals surface area contributed by atoms with Crippen LogP contribution in [0.4, 0.5) is 0 Å². The van der Waals surface area contributed by atoms with E-state index in [1.54, 1.807) is 12.1 Å². The molecule has 0 aromatic heterocycles. The van der Waals surface area contributed by atoms with Crippen molar-refractivity contribution >= 4 is 23.5 Å². The minimum absolute atomic E-state index is 0.0258. The molecule has 0 aliphatic heterocycles. The van der Waals surface area contributed by atoms with E-state index in [9.17, 15) is 4.79 Å². The van der Waals surface area contributed by atoms with Gasteiger partial charge in [0.1, 0.15) is 0 Å². The summed E-state index contributed by atoms with van der Waals surface area (Å²) in [6, 6.07) is 7.26. The van der Waals surface area contributed by atoms with Crippen molar-refractivity contribution in [2.45, 2.75) is 0 Å². The zero-order valence-corrected chi connectivity index (χ0v) is 8.50. The van der Waals surface area contributed by atoms with E-state index < -0.39 is 0 Å². The predicted octanol–water partition coefficient (Wildman–Crippen LogP) is 2.08. The quantitative estimate of drug-likeness (QED) is 0.610. The zero-order valence-electron chi connectivity index (χ0n) is 7.74. The number of alkyl halides is 1. The van der Waals surface area contributed by atoms with Gasteiger partial charge in [-0.2, -0.15) is 0 Å². The third-order valence-corrected chi connectivity index (χ3v) is 2.04.